The van der Waals surface area contributed by atoms with Crippen molar-refractivity contribution in [1.82, 2.24) is 14.9 Å². The fourth-order valence-electron chi connectivity index (χ4n) is 2.27. The molecule has 21 heavy (non-hydrogen) atoms. The molecule has 2 N–H and O–H groups in total. The van der Waals surface area contributed by atoms with Crippen molar-refractivity contribution >= 4 is 23.1 Å². The lowest BCUT2D eigenvalue weighted by molar-refractivity contribution is -0.130. The zero-order valence-corrected chi connectivity index (χ0v) is 12.3. The second-order valence-corrected chi connectivity index (χ2v) is 5.84. The quantitative estimate of drug-likeness (QED) is 0.882. The Balaban J connectivity index is 1.54. The molecule has 0 atom stereocenters. The fourth-order valence-corrected chi connectivity index (χ4v) is 3.16. The van der Waals surface area contributed by atoms with Gasteiger partial charge in [-0.05, 0) is 23.4 Å². The van der Waals surface area contributed by atoms with E-state index in [9.17, 15) is 4.79 Å². The van der Waals surface area contributed by atoms with Crippen LogP contribution in [0.2, 0.25) is 0 Å². The van der Waals surface area contributed by atoms with E-state index in [1.807, 2.05) is 4.90 Å². The van der Waals surface area contributed by atoms with Crippen molar-refractivity contribution in [3.05, 3.63) is 40.0 Å². The average Bonchev–Trinajstić information content (AvgIpc) is 3.00. The van der Waals surface area contributed by atoms with Gasteiger partial charge < -0.3 is 15.3 Å². The highest BCUT2D eigenvalue weighted by Gasteiger charge is 2.21. The molecule has 0 radical (unpaired) electrons. The molecular weight excluding hydrogens is 288 g/mol. The standard InChI is InChI=1S/C14H16N4O2S/c19-9-11-5-16-13(6-15-11)17-7-14(20)18-3-1-12-10(8-18)2-4-21-12/h2,4-6,19H,1,3,7-9H2,(H,16,17). The molecule has 110 valence electrons. The van der Waals surface area contributed by atoms with Gasteiger partial charge in [0, 0.05) is 18.0 Å². The maximum atomic E-state index is 12.2. The molecule has 1 amide bonds. The predicted octanol–water partition coefficient (Wildman–Crippen LogP) is 1.03. The zero-order chi connectivity index (χ0) is 14.7. The second-order valence-electron chi connectivity index (χ2n) is 4.84. The van der Waals surface area contributed by atoms with Crippen LogP contribution in [0.25, 0.3) is 0 Å². The van der Waals surface area contributed by atoms with Gasteiger partial charge in [-0.3, -0.25) is 9.78 Å². The molecule has 6 nitrogen and oxygen atoms in total. The van der Waals surface area contributed by atoms with Crippen molar-refractivity contribution in [2.45, 2.75) is 19.6 Å². The molecule has 0 unspecified atom stereocenters. The number of rotatable bonds is 4. The van der Waals surface area contributed by atoms with Gasteiger partial charge in [-0.1, -0.05) is 0 Å². The van der Waals surface area contributed by atoms with E-state index in [2.05, 4.69) is 26.7 Å². The molecule has 7 heteroatoms. The summed E-state index contributed by atoms with van der Waals surface area (Å²) in [5, 5.41) is 13.9. The number of hydrogen-bond donors (Lipinski definition) is 2. The van der Waals surface area contributed by atoms with Gasteiger partial charge >= 0.3 is 0 Å². The minimum absolute atomic E-state index is 0.0554. The topological polar surface area (TPSA) is 78.3 Å². The van der Waals surface area contributed by atoms with E-state index in [1.165, 1.54) is 22.8 Å². The van der Waals surface area contributed by atoms with Gasteiger partial charge in [0.2, 0.25) is 5.91 Å². The number of anilines is 1. The van der Waals surface area contributed by atoms with E-state index < -0.39 is 0 Å². The monoisotopic (exact) mass is 304 g/mol. The SMILES string of the molecule is O=C(CNc1cnc(CO)cn1)N1CCc2sccc2C1. The first-order valence-electron chi connectivity index (χ1n) is 6.75. The van der Waals surface area contributed by atoms with Gasteiger partial charge in [-0.15, -0.1) is 11.3 Å². The van der Waals surface area contributed by atoms with Gasteiger partial charge in [-0.25, -0.2) is 4.98 Å². The molecule has 0 saturated carbocycles. The molecule has 0 saturated heterocycles. The Hall–Kier alpha value is -1.99. The van der Waals surface area contributed by atoms with E-state index in [0.29, 0.717) is 18.1 Å². The number of aromatic nitrogens is 2. The Morgan fingerprint density at radius 2 is 2.33 bits per heavy atom. The van der Waals surface area contributed by atoms with Crippen LogP contribution in [-0.4, -0.2) is 39.0 Å². The first kappa shape index (κ1) is 14.0. The highest BCUT2D eigenvalue weighted by molar-refractivity contribution is 7.10. The van der Waals surface area contributed by atoms with Gasteiger partial charge in [0.1, 0.15) is 5.82 Å². The number of thiophene rings is 1. The smallest absolute Gasteiger partial charge is 0.242 e. The Morgan fingerprint density at radius 1 is 1.43 bits per heavy atom. The number of aliphatic hydroxyl groups is 1. The van der Waals surface area contributed by atoms with Crippen LogP contribution in [0.5, 0.6) is 0 Å². The maximum absolute atomic E-state index is 12.2. The molecule has 0 fully saturated rings. The van der Waals surface area contributed by atoms with Crippen LogP contribution >= 0.6 is 11.3 Å². The first-order chi connectivity index (χ1) is 10.3. The van der Waals surface area contributed by atoms with Gasteiger partial charge in [-0.2, -0.15) is 0 Å². The molecule has 0 spiro atoms. The summed E-state index contributed by atoms with van der Waals surface area (Å²) in [7, 11) is 0. The van der Waals surface area contributed by atoms with E-state index in [0.717, 1.165) is 13.0 Å². The highest BCUT2D eigenvalue weighted by Crippen LogP contribution is 2.23. The Labute approximate surface area is 126 Å². The summed E-state index contributed by atoms with van der Waals surface area (Å²) in [4.78, 5) is 23.6. The number of nitrogens with one attached hydrogen (secondary N) is 1. The van der Waals surface area contributed by atoms with Crippen molar-refractivity contribution < 1.29 is 9.90 Å². The van der Waals surface area contributed by atoms with E-state index >= 15 is 0 Å². The Bertz CT molecular complexity index is 626. The predicted molar refractivity (Wildman–Crippen MR) is 79.9 cm³/mol. The van der Waals surface area contributed by atoms with Crippen LogP contribution in [0.15, 0.2) is 23.8 Å². The summed E-state index contributed by atoms with van der Waals surface area (Å²) < 4.78 is 0. The summed E-state index contributed by atoms with van der Waals surface area (Å²) in [5.41, 5.74) is 1.76. The lowest BCUT2D eigenvalue weighted by atomic mass is 10.1. The molecule has 2 aromatic heterocycles. The Kier molecular flexibility index (Phi) is 4.12. The van der Waals surface area contributed by atoms with Crippen LogP contribution in [-0.2, 0) is 24.4 Å². The van der Waals surface area contributed by atoms with Crippen molar-refractivity contribution in [1.29, 1.82) is 0 Å². The van der Waals surface area contributed by atoms with Crippen LogP contribution < -0.4 is 5.32 Å². The normalized spacial score (nSPS) is 13.9. The zero-order valence-electron chi connectivity index (χ0n) is 11.5. The number of fused-ring (bicyclic) bond motifs is 1. The summed E-state index contributed by atoms with van der Waals surface area (Å²) in [6, 6.07) is 2.09. The molecule has 3 heterocycles. The van der Waals surface area contributed by atoms with Crippen molar-refractivity contribution in [2.75, 3.05) is 18.4 Å². The molecule has 2 aromatic rings. The number of aliphatic hydroxyl groups excluding tert-OH is 1. The molecular formula is C14H16N4O2S. The van der Waals surface area contributed by atoms with Crippen LogP contribution in [0.3, 0.4) is 0 Å². The summed E-state index contributed by atoms with van der Waals surface area (Å²) in [6.07, 6.45) is 3.95. The summed E-state index contributed by atoms with van der Waals surface area (Å²) in [5.74, 6) is 0.591. The lowest BCUT2D eigenvalue weighted by Crippen LogP contribution is -2.38. The van der Waals surface area contributed by atoms with Crippen molar-refractivity contribution in [2.24, 2.45) is 0 Å². The summed E-state index contributed by atoms with van der Waals surface area (Å²) >= 11 is 1.76. The third-order valence-corrected chi connectivity index (χ3v) is 4.47. The minimum Gasteiger partial charge on any atom is -0.390 e. The maximum Gasteiger partial charge on any atom is 0.242 e. The molecule has 1 aliphatic heterocycles. The first-order valence-corrected chi connectivity index (χ1v) is 7.63. The van der Waals surface area contributed by atoms with E-state index in [1.54, 1.807) is 11.3 Å². The number of carbonyl (C=O) groups is 1. The Morgan fingerprint density at radius 3 is 3.10 bits per heavy atom. The number of nitrogens with zero attached hydrogens (tertiary/aromatic N) is 3. The number of amides is 1. The van der Waals surface area contributed by atoms with Gasteiger partial charge in [0.05, 0.1) is 31.2 Å². The summed E-state index contributed by atoms with van der Waals surface area (Å²) in [6.45, 7) is 1.52. The average molecular weight is 304 g/mol. The largest absolute Gasteiger partial charge is 0.390 e. The molecule has 0 bridgehead atoms. The molecule has 1 aliphatic rings. The fraction of sp³-hybridized carbons (Fsp3) is 0.357. The van der Waals surface area contributed by atoms with Crippen molar-refractivity contribution in [3.63, 3.8) is 0 Å². The molecule has 0 aromatic carbocycles. The molecule has 0 aliphatic carbocycles. The van der Waals surface area contributed by atoms with E-state index in [-0.39, 0.29) is 19.1 Å². The van der Waals surface area contributed by atoms with Crippen LogP contribution in [0.4, 0.5) is 5.82 Å². The number of carbonyl (C=O) groups excluding carboxylic acids is 1. The minimum atomic E-state index is -0.136. The second kappa shape index (κ2) is 6.19. The van der Waals surface area contributed by atoms with Gasteiger partial charge in [0.25, 0.3) is 0 Å². The number of hydrogen-bond acceptors (Lipinski definition) is 6. The highest BCUT2D eigenvalue weighted by atomic mass is 32.1. The van der Waals surface area contributed by atoms with Crippen LogP contribution in [0.1, 0.15) is 16.1 Å². The van der Waals surface area contributed by atoms with Crippen molar-refractivity contribution in [3.8, 4) is 0 Å². The molecule has 3 rings (SSSR count). The van der Waals surface area contributed by atoms with Crippen LogP contribution in [0, 0.1) is 0 Å². The lowest BCUT2D eigenvalue weighted by Gasteiger charge is -2.27. The van der Waals surface area contributed by atoms with E-state index in [4.69, 9.17) is 5.11 Å². The van der Waals surface area contributed by atoms with Gasteiger partial charge in [0.15, 0.2) is 0 Å². The third-order valence-electron chi connectivity index (χ3n) is 3.45. The third kappa shape index (κ3) is 3.20.